The zero-order valence-corrected chi connectivity index (χ0v) is 9.90. The smallest absolute Gasteiger partial charge is 0.343 e. The number of nitrogen functional groups attached to an aromatic ring is 1. The third-order valence-corrected chi connectivity index (χ3v) is 2.17. The highest BCUT2D eigenvalue weighted by molar-refractivity contribution is 5.97. The Morgan fingerprint density at radius 1 is 1.47 bits per heavy atom. The molecule has 4 N–H and O–H groups in total. The van der Waals surface area contributed by atoms with Crippen molar-refractivity contribution in [2.45, 2.75) is 20.3 Å². The molecule has 94 valence electrons. The maximum Gasteiger partial charge on any atom is 0.343 e. The van der Waals surface area contributed by atoms with Crippen LogP contribution in [0.15, 0.2) is 0 Å². The largest absolute Gasteiger partial charge is 0.462 e. The summed E-state index contributed by atoms with van der Waals surface area (Å²) in [6, 6.07) is 0. The van der Waals surface area contributed by atoms with Crippen molar-refractivity contribution in [3.8, 4) is 0 Å². The molecule has 0 saturated carbocycles. The first-order valence-electron chi connectivity index (χ1n) is 5.28. The van der Waals surface area contributed by atoms with Gasteiger partial charge in [-0.2, -0.15) is 9.78 Å². The lowest BCUT2D eigenvalue weighted by Gasteiger charge is -2.03. The van der Waals surface area contributed by atoms with Gasteiger partial charge in [-0.15, -0.1) is 0 Å². The van der Waals surface area contributed by atoms with Gasteiger partial charge in [0, 0.05) is 13.0 Å². The minimum absolute atomic E-state index is 0.000556. The van der Waals surface area contributed by atoms with E-state index >= 15 is 0 Å². The Balaban J connectivity index is 3.09. The number of nitrogens with zero attached hydrogens (tertiary/aromatic N) is 2. The number of esters is 1. The van der Waals surface area contributed by atoms with Gasteiger partial charge in [0.05, 0.1) is 12.3 Å². The summed E-state index contributed by atoms with van der Waals surface area (Å²) in [6.07, 6.45) is 0.119. The molecule has 0 aliphatic heterocycles. The Morgan fingerprint density at radius 3 is 2.65 bits per heavy atom. The molecule has 0 saturated heterocycles. The molecular formula is C10H16N4O3. The van der Waals surface area contributed by atoms with Crippen LogP contribution in [0.3, 0.4) is 0 Å². The number of carbonyl (C=O) groups excluding carboxylic acids is 2. The highest BCUT2D eigenvalue weighted by Gasteiger charge is 2.23. The second-order valence-corrected chi connectivity index (χ2v) is 3.41. The van der Waals surface area contributed by atoms with E-state index in [0.717, 1.165) is 4.68 Å². The number of hydrogen-bond acceptors (Lipinski definition) is 6. The molecule has 0 fully saturated rings. The second-order valence-electron chi connectivity index (χ2n) is 3.41. The minimum atomic E-state index is -0.575. The second kappa shape index (κ2) is 5.44. The summed E-state index contributed by atoms with van der Waals surface area (Å²) in [5, 5.41) is 3.92. The SMILES string of the molecule is CCOC(=O)c1c(C)nn(C(=O)CCN)c1N. The topological polar surface area (TPSA) is 113 Å². The van der Waals surface area contributed by atoms with Crippen LogP contribution in [0.4, 0.5) is 5.82 Å². The summed E-state index contributed by atoms with van der Waals surface area (Å²) < 4.78 is 5.83. The van der Waals surface area contributed by atoms with Gasteiger partial charge in [0.15, 0.2) is 0 Å². The number of aromatic nitrogens is 2. The molecule has 0 aliphatic rings. The third-order valence-electron chi connectivity index (χ3n) is 2.17. The minimum Gasteiger partial charge on any atom is -0.462 e. The van der Waals surface area contributed by atoms with Crippen molar-refractivity contribution >= 4 is 17.7 Å². The van der Waals surface area contributed by atoms with Gasteiger partial charge in [-0.1, -0.05) is 0 Å². The molecule has 7 heteroatoms. The number of rotatable bonds is 4. The maximum atomic E-state index is 11.6. The first-order chi connectivity index (χ1) is 8.02. The average molecular weight is 240 g/mol. The molecule has 1 aromatic heterocycles. The van der Waals surface area contributed by atoms with Gasteiger partial charge >= 0.3 is 5.97 Å². The number of aryl methyl sites for hydroxylation is 1. The summed E-state index contributed by atoms with van der Waals surface area (Å²) in [5.41, 5.74) is 11.5. The Morgan fingerprint density at radius 2 is 2.12 bits per heavy atom. The summed E-state index contributed by atoms with van der Waals surface area (Å²) in [4.78, 5) is 23.2. The number of nitrogens with two attached hydrogens (primary N) is 2. The quantitative estimate of drug-likeness (QED) is 0.713. The fraction of sp³-hybridized carbons (Fsp3) is 0.500. The molecule has 0 bridgehead atoms. The van der Waals surface area contributed by atoms with Crippen LogP contribution in [-0.4, -0.2) is 34.8 Å². The fourth-order valence-electron chi connectivity index (χ4n) is 1.42. The van der Waals surface area contributed by atoms with E-state index in [2.05, 4.69) is 5.10 Å². The Bertz CT molecular complexity index is 439. The number of ether oxygens (including phenoxy) is 1. The van der Waals surface area contributed by atoms with Gasteiger partial charge in [-0.05, 0) is 13.8 Å². The van der Waals surface area contributed by atoms with Crippen LogP contribution >= 0.6 is 0 Å². The number of hydrogen-bond donors (Lipinski definition) is 2. The van der Waals surface area contributed by atoms with Crippen LogP contribution in [0, 0.1) is 6.92 Å². The van der Waals surface area contributed by atoms with E-state index in [4.69, 9.17) is 16.2 Å². The molecule has 1 rings (SSSR count). The van der Waals surface area contributed by atoms with Crippen LogP contribution in [0.5, 0.6) is 0 Å². The molecule has 0 aliphatic carbocycles. The van der Waals surface area contributed by atoms with Gasteiger partial charge in [0.25, 0.3) is 0 Å². The van der Waals surface area contributed by atoms with Gasteiger partial charge in [-0.3, -0.25) is 4.79 Å². The van der Waals surface area contributed by atoms with Crippen molar-refractivity contribution in [3.63, 3.8) is 0 Å². The highest BCUT2D eigenvalue weighted by Crippen LogP contribution is 2.17. The lowest BCUT2D eigenvalue weighted by atomic mass is 10.2. The van der Waals surface area contributed by atoms with Crippen LogP contribution < -0.4 is 11.5 Å². The van der Waals surface area contributed by atoms with Gasteiger partial charge in [0.1, 0.15) is 11.4 Å². The summed E-state index contributed by atoms with van der Waals surface area (Å²) in [6.45, 7) is 3.72. The molecule has 1 heterocycles. The van der Waals surface area contributed by atoms with Crippen molar-refractivity contribution in [2.24, 2.45) is 5.73 Å². The van der Waals surface area contributed by atoms with E-state index in [1.807, 2.05) is 0 Å². The van der Waals surface area contributed by atoms with E-state index in [1.54, 1.807) is 13.8 Å². The lowest BCUT2D eigenvalue weighted by Crippen LogP contribution is -2.19. The van der Waals surface area contributed by atoms with Gasteiger partial charge < -0.3 is 16.2 Å². The zero-order valence-electron chi connectivity index (χ0n) is 9.90. The van der Waals surface area contributed by atoms with E-state index in [-0.39, 0.29) is 36.9 Å². The van der Waals surface area contributed by atoms with E-state index < -0.39 is 5.97 Å². The van der Waals surface area contributed by atoms with Crippen LogP contribution in [-0.2, 0) is 4.74 Å². The summed E-state index contributed by atoms with van der Waals surface area (Å²) in [7, 11) is 0. The fourth-order valence-corrected chi connectivity index (χ4v) is 1.42. The van der Waals surface area contributed by atoms with Gasteiger partial charge in [-0.25, -0.2) is 4.79 Å². The Kier molecular flexibility index (Phi) is 4.22. The van der Waals surface area contributed by atoms with Crippen LogP contribution in [0.2, 0.25) is 0 Å². The first kappa shape index (κ1) is 13.2. The van der Waals surface area contributed by atoms with E-state index in [0.29, 0.717) is 5.69 Å². The summed E-state index contributed by atoms with van der Waals surface area (Å²) >= 11 is 0. The van der Waals surface area contributed by atoms with Crippen molar-refractivity contribution in [1.82, 2.24) is 9.78 Å². The third kappa shape index (κ3) is 2.62. The zero-order chi connectivity index (χ0) is 13.0. The molecule has 17 heavy (non-hydrogen) atoms. The molecule has 0 unspecified atom stereocenters. The Labute approximate surface area is 98.7 Å². The van der Waals surface area contributed by atoms with Crippen molar-refractivity contribution < 1.29 is 14.3 Å². The van der Waals surface area contributed by atoms with Crippen molar-refractivity contribution in [2.75, 3.05) is 18.9 Å². The first-order valence-corrected chi connectivity index (χ1v) is 5.28. The van der Waals surface area contributed by atoms with Crippen molar-refractivity contribution in [1.29, 1.82) is 0 Å². The molecule has 0 spiro atoms. The number of anilines is 1. The monoisotopic (exact) mass is 240 g/mol. The maximum absolute atomic E-state index is 11.6. The molecular weight excluding hydrogens is 224 g/mol. The number of carbonyl (C=O) groups is 2. The van der Waals surface area contributed by atoms with Crippen molar-refractivity contribution in [3.05, 3.63) is 11.3 Å². The standard InChI is InChI=1S/C10H16N4O3/c1-3-17-10(16)8-6(2)13-14(9(8)12)7(15)4-5-11/h3-5,11-12H2,1-2H3. The lowest BCUT2D eigenvalue weighted by molar-refractivity contribution is 0.0527. The highest BCUT2D eigenvalue weighted by atomic mass is 16.5. The molecule has 0 amide bonds. The molecule has 7 nitrogen and oxygen atoms in total. The Hall–Kier alpha value is -1.89. The normalized spacial score (nSPS) is 10.3. The van der Waals surface area contributed by atoms with E-state index in [1.165, 1.54) is 0 Å². The molecule has 0 atom stereocenters. The predicted octanol–water partition coefficient (Wildman–Crippen LogP) is -0.0606. The molecule has 0 aromatic carbocycles. The average Bonchev–Trinajstić information content (AvgIpc) is 2.55. The van der Waals surface area contributed by atoms with E-state index in [9.17, 15) is 9.59 Å². The van der Waals surface area contributed by atoms with Crippen LogP contribution in [0.1, 0.15) is 34.2 Å². The van der Waals surface area contributed by atoms with Gasteiger partial charge in [0.2, 0.25) is 5.91 Å². The van der Waals surface area contributed by atoms with Crippen LogP contribution in [0.25, 0.3) is 0 Å². The molecule has 0 radical (unpaired) electrons. The molecule has 1 aromatic rings. The predicted molar refractivity (Wildman–Crippen MR) is 61.6 cm³/mol. The summed E-state index contributed by atoms with van der Waals surface area (Å²) in [5.74, 6) is -0.919.